The molecule has 1 saturated heterocycles. The topological polar surface area (TPSA) is 49.4 Å². The van der Waals surface area contributed by atoms with E-state index >= 15 is 0 Å². The molecule has 1 unspecified atom stereocenters. The van der Waals surface area contributed by atoms with Gasteiger partial charge in [0.15, 0.2) is 0 Å². The zero-order valence-corrected chi connectivity index (χ0v) is 8.67. The monoisotopic (exact) mass is 196 g/mol. The number of amides is 3. The maximum Gasteiger partial charge on any atom is 0.324 e. The normalized spacial score (nSPS) is 30.1. The van der Waals surface area contributed by atoms with Crippen LogP contribution in [0.4, 0.5) is 4.79 Å². The fourth-order valence-corrected chi connectivity index (χ4v) is 1.77. The standard InChI is InChI=1S/C10H16N2O2/c1-7-5-12(6-10(2)3-4-10)9(14)11-8(7)13/h7H,3-6H2,1-2H3,(H,11,13,14). The molecular formula is C10H16N2O2. The number of carbonyl (C=O) groups is 2. The molecule has 1 saturated carbocycles. The van der Waals surface area contributed by atoms with Gasteiger partial charge in [-0.2, -0.15) is 0 Å². The predicted molar refractivity (Wildman–Crippen MR) is 51.6 cm³/mol. The molecule has 14 heavy (non-hydrogen) atoms. The average Bonchev–Trinajstić information content (AvgIpc) is 2.80. The van der Waals surface area contributed by atoms with Crippen molar-refractivity contribution < 1.29 is 9.59 Å². The molecule has 4 heteroatoms. The Morgan fingerprint density at radius 1 is 1.50 bits per heavy atom. The van der Waals surface area contributed by atoms with Gasteiger partial charge in [-0.05, 0) is 18.3 Å². The summed E-state index contributed by atoms with van der Waals surface area (Å²) in [5.74, 6) is -0.220. The summed E-state index contributed by atoms with van der Waals surface area (Å²) in [6.07, 6.45) is 2.39. The Balaban J connectivity index is 1.98. The van der Waals surface area contributed by atoms with Crippen LogP contribution in [0.25, 0.3) is 0 Å². The fraction of sp³-hybridized carbons (Fsp3) is 0.800. The summed E-state index contributed by atoms with van der Waals surface area (Å²) in [6, 6.07) is -0.221. The zero-order chi connectivity index (χ0) is 10.3. The summed E-state index contributed by atoms with van der Waals surface area (Å²) in [5.41, 5.74) is 0.317. The summed E-state index contributed by atoms with van der Waals surface area (Å²) < 4.78 is 0. The fourth-order valence-electron chi connectivity index (χ4n) is 1.77. The van der Waals surface area contributed by atoms with Crippen LogP contribution in [0.1, 0.15) is 26.7 Å². The number of urea groups is 1. The van der Waals surface area contributed by atoms with Gasteiger partial charge in [0.2, 0.25) is 5.91 Å². The minimum atomic E-state index is -0.221. The Bertz CT molecular complexity index is 284. The maximum absolute atomic E-state index is 11.4. The third kappa shape index (κ3) is 1.74. The van der Waals surface area contributed by atoms with Crippen LogP contribution in [0, 0.1) is 11.3 Å². The first-order chi connectivity index (χ1) is 6.50. The van der Waals surface area contributed by atoms with Crippen molar-refractivity contribution in [2.75, 3.05) is 13.1 Å². The molecule has 0 bridgehead atoms. The van der Waals surface area contributed by atoms with Crippen LogP contribution in [0.3, 0.4) is 0 Å². The highest BCUT2D eigenvalue weighted by Crippen LogP contribution is 2.45. The highest BCUT2D eigenvalue weighted by atomic mass is 16.2. The SMILES string of the molecule is CC1CN(CC2(C)CC2)C(=O)NC1=O. The van der Waals surface area contributed by atoms with E-state index in [-0.39, 0.29) is 17.9 Å². The largest absolute Gasteiger partial charge is 0.324 e. The Kier molecular flexibility index (Phi) is 2.01. The van der Waals surface area contributed by atoms with Gasteiger partial charge in [-0.3, -0.25) is 10.1 Å². The molecule has 2 aliphatic rings. The minimum Gasteiger partial charge on any atom is -0.323 e. The molecule has 0 aromatic heterocycles. The van der Waals surface area contributed by atoms with Crippen molar-refractivity contribution in [1.29, 1.82) is 0 Å². The lowest BCUT2D eigenvalue weighted by molar-refractivity contribution is -0.125. The van der Waals surface area contributed by atoms with Gasteiger partial charge in [0.1, 0.15) is 0 Å². The van der Waals surface area contributed by atoms with Gasteiger partial charge in [-0.1, -0.05) is 13.8 Å². The van der Waals surface area contributed by atoms with E-state index in [9.17, 15) is 9.59 Å². The summed E-state index contributed by atoms with van der Waals surface area (Å²) in [4.78, 5) is 24.4. The minimum absolute atomic E-state index is 0.0740. The molecule has 1 heterocycles. The predicted octanol–water partition coefficient (Wildman–Crippen LogP) is 0.974. The lowest BCUT2D eigenvalue weighted by Crippen LogP contribution is -2.54. The van der Waals surface area contributed by atoms with E-state index in [1.54, 1.807) is 4.90 Å². The zero-order valence-electron chi connectivity index (χ0n) is 8.67. The molecule has 4 nitrogen and oxygen atoms in total. The molecular weight excluding hydrogens is 180 g/mol. The van der Waals surface area contributed by atoms with Crippen LogP contribution < -0.4 is 5.32 Å². The van der Waals surface area contributed by atoms with Gasteiger partial charge in [-0.15, -0.1) is 0 Å². The van der Waals surface area contributed by atoms with Crippen molar-refractivity contribution in [1.82, 2.24) is 10.2 Å². The molecule has 1 aliphatic carbocycles. The van der Waals surface area contributed by atoms with Crippen LogP contribution in [0.2, 0.25) is 0 Å². The van der Waals surface area contributed by atoms with Crippen LogP contribution >= 0.6 is 0 Å². The molecule has 1 aliphatic heterocycles. The summed E-state index contributed by atoms with van der Waals surface area (Å²) in [5, 5.41) is 2.38. The Hall–Kier alpha value is -1.06. The second kappa shape index (κ2) is 2.97. The van der Waals surface area contributed by atoms with Crippen LogP contribution in [0.15, 0.2) is 0 Å². The second-order valence-corrected chi connectivity index (χ2v) is 4.89. The Labute approximate surface area is 83.6 Å². The smallest absolute Gasteiger partial charge is 0.323 e. The summed E-state index contributed by atoms with van der Waals surface area (Å²) in [6.45, 7) is 5.39. The number of nitrogens with one attached hydrogen (secondary N) is 1. The third-order valence-corrected chi connectivity index (χ3v) is 3.14. The van der Waals surface area contributed by atoms with E-state index < -0.39 is 0 Å². The molecule has 2 rings (SSSR count). The van der Waals surface area contributed by atoms with Gasteiger partial charge >= 0.3 is 6.03 Å². The summed E-state index contributed by atoms with van der Waals surface area (Å²) in [7, 11) is 0. The highest BCUT2D eigenvalue weighted by Gasteiger charge is 2.41. The number of carbonyl (C=O) groups excluding carboxylic acids is 2. The van der Waals surface area contributed by atoms with Crippen molar-refractivity contribution in [3.8, 4) is 0 Å². The lowest BCUT2D eigenvalue weighted by atomic mass is 10.1. The van der Waals surface area contributed by atoms with Gasteiger partial charge in [-0.25, -0.2) is 4.79 Å². The van der Waals surface area contributed by atoms with E-state index in [0.29, 0.717) is 12.0 Å². The molecule has 0 spiro atoms. The van der Waals surface area contributed by atoms with Gasteiger partial charge < -0.3 is 4.90 Å². The molecule has 1 N–H and O–H groups in total. The lowest BCUT2D eigenvalue weighted by Gasteiger charge is -2.32. The van der Waals surface area contributed by atoms with Gasteiger partial charge in [0.25, 0.3) is 0 Å². The number of nitrogens with zero attached hydrogens (tertiary/aromatic N) is 1. The molecule has 1 atom stereocenters. The molecule has 78 valence electrons. The third-order valence-electron chi connectivity index (χ3n) is 3.14. The quantitative estimate of drug-likeness (QED) is 0.715. The van der Waals surface area contributed by atoms with Crippen molar-refractivity contribution in [2.45, 2.75) is 26.7 Å². The number of hydrogen-bond donors (Lipinski definition) is 1. The van der Waals surface area contributed by atoms with Crippen LogP contribution in [0.5, 0.6) is 0 Å². The molecule has 2 fully saturated rings. The number of hydrogen-bond acceptors (Lipinski definition) is 2. The molecule has 0 aromatic rings. The molecule has 0 radical (unpaired) electrons. The highest BCUT2D eigenvalue weighted by molar-refractivity contribution is 5.97. The first-order valence-electron chi connectivity index (χ1n) is 5.10. The first kappa shape index (κ1) is 9.49. The Morgan fingerprint density at radius 2 is 2.14 bits per heavy atom. The number of imide groups is 1. The van der Waals surface area contributed by atoms with Crippen molar-refractivity contribution in [3.05, 3.63) is 0 Å². The molecule has 0 aromatic carbocycles. The van der Waals surface area contributed by atoms with Crippen molar-refractivity contribution in [3.63, 3.8) is 0 Å². The summed E-state index contributed by atoms with van der Waals surface area (Å²) >= 11 is 0. The second-order valence-electron chi connectivity index (χ2n) is 4.89. The average molecular weight is 196 g/mol. The van der Waals surface area contributed by atoms with E-state index in [4.69, 9.17) is 0 Å². The van der Waals surface area contributed by atoms with Gasteiger partial charge in [0.05, 0.1) is 5.92 Å². The van der Waals surface area contributed by atoms with Crippen molar-refractivity contribution >= 4 is 11.9 Å². The van der Waals surface area contributed by atoms with E-state index in [1.165, 1.54) is 12.8 Å². The van der Waals surface area contributed by atoms with E-state index in [1.807, 2.05) is 6.92 Å². The first-order valence-corrected chi connectivity index (χ1v) is 5.10. The van der Waals surface area contributed by atoms with Crippen LogP contribution in [-0.2, 0) is 4.79 Å². The van der Waals surface area contributed by atoms with Crippen LogP contribution in [-0.4, -0.2) is 29.9 Å². The van der Waals surface area contributed by atoms with Gasteiger partial charge in [0, 0.05) is 13.1 Å². The molecule has 3 amide bonds. The maximum atomic E-state index is 11.4. The Morgan fingerprint density at radius 3 is 2.71 bits per heavy atom. The van der Waals surface area contributed by atoms with Crippen molar-refractivity contribution in [2.24, 2.45) is 11.3 Å². The van der Waals surface area contributed by atoms with E-state index in [0.717, 1.165) is 6.54 Å². The van der Waals surface area contributed by atoms with E-state index in [2.05, 4.69) is 12.2 Å². The number of rotatable bonds is 2.